The van der Waals surface area contributed by atoms with Crippen molar-refractivity contribution in [2.24, 2.45) is 0 Å². The molecule has 1 saturated heterocycles. The van der Waals surface area contributed by atoms with Gasteiger partial charge in [-0.1, -0.05) is 19.1 Å². The molecule has 1 unspecified atom stereocenters. The van der Waals surface area contributed by atoms with E-state index in [1.54, 1.807) is 4.90 Å². The van der Waals surface area contributed by atoms with E-state index in [2.05, 4.69) is 36.6 Å². The summed E-state index contributed by atoms with van der Waals surface area (Å²) in [4.78, 5) is 13.6. The second-order valence-electron chi connectivity index (χ2n) is 5.00. The van der Waals surface area contributed by atoms with Gasteiger partial charge < -0.3 is 10.6 Å². The van der Waals surface area contributed by atoms with E-state index in [0.717, 1.165) is 38.2 Å². The highest BCUT2D eigenvalue weighted by Crippen LogP contribution is 2.20. The third-order valence-corrected chi connectivity index (χ3v) is 3.49. The van der Waals surface area contributed by atoms with E-state index in [1.165, 1.54) is 5.56 Å². The first-order valence-electron chi connectivity index (χ1n) is 7.11. The summed E-state index contributed by atoms with van der Waals surface area (Å²) >= 11 is 0. The van der Waals surface area contributed by atoms with Crippen LogP contribution in [0.1, 0.15) is 38.3 Å². The van der Waals surface area contributed by atoms with Crippen LogP contribution in [0.2, 0.25) is 0 Å². The molecule has 2 N–H and O–H groups in total. The number of carbonyl (C=O) groups excluding carboxylic acids is 1. The van der Waals surface area contributed by atoms with Crippen molar-refractivity contribution in [3.8, 4) is 0 Å². The molecular formula is C15H23N3O. The Morgan fingerprint density at radius 1 is 1.37 bits per heavy atom. The van der Waals surface area contributed by atoms with Gasteiger partial charge in [-0.05, 0) is 44.0 Å². The first-order chi connectivity index (χ1) is 9.22. The summed E-state index contributed by atoms with van der Waals surface area (Å²) in [5, 5.41) is 6.33. The number of amides is 2. The maximum absolute atomic E-state index is 11.8. The molecule has 1 aromatic rings. The first kappa shape index (κ1) is 13.9. The zero-order valence-corrected chi connectivity index (χ0v) is 11.8. The van der Waals surface area contributed by atoms with Gasteiger partial charge in [-0.2, -0.15) is 0 Å². The van der Waals surface area contributed by atoms with Gasteiger partial charge in [-0.3, -0.25) is 4.90 Å². The number of rotatable bonds is 5. The molecule has 0 saturated carbocycles. The van der Waals surface area contributed by atoms with Crippen LogP contribution < -0.4 is 15.5 Å². The fourth-order valence-corrected chi connectivity index (χ4v) is 2.30. The van der Waals surface area contributed by atoms with Crippen molar-refractivity contribution in [3.63, 3.8) is 0 Å². The summed E-state index contributed by atoms with van der Waals surface area (Å²) in [6.07, 6.45) is 2.14. The van der Waals surface area contributed by atoms with Gasteiger partial charge in [0.15, 0.2) is 0 Å². The van der Waals surface area contributed by atoms with E-state index in [0.29, 0.717) is 6.04 Å². The minimum Gasteiger partial charge on any atom is -0.338 e. The molecule has 1 atom stereocenters. The lowest BCUT2D eigenvalue weighted by molar-refractivity contribution is 0.243. The maximum atomic E-state index is 11.8. The quantitative estimate of drug-likeness (QED) is 0.856. The van der Waals surface area contributed by atoms with Crippen molar-refractivity contribution in [2.75, 3.05) is 24.5 Å². The lowest BCUT2D eigenvalue weighted by Gasteiger charge is -2.27. The number of urea groups is 1. The van der Waals surface area contributed by atoms with Crippen molar-refractivity contribution in [2.45, 2.75) is 32.7 Å². The normalized spacial score (nSPS) is 17.2. The van der Waals surface area contributed by atoms with Gasteiger partial charge in [0, 0.05) is 24.8 Å². The van der Waals surface area contributed by atoms with Crippen LogP contribution >= 0.6 is 0 Å². The minimum absolute atomic E-state index is 0.0103. The van der Waals surface area contributed by atoms with E-state index < -0.39 is 0 Å². The van der Waals surface area contributed by atoms with Crippen LogP contribution in [0.5, 0.6) is 0 Å². The molecule has 0 aliphatic carbocycles. The lowest BCUT2D eigenvalue weighted by Crippen LogP contribution is -2.46. The molecule has 1 heterocycles. The van der Waals surface area contributed by atoms with Crippen LogP contribution in [0.15, 0.2) is 24.3 Å². The second-order valence-corrected chi connectivity index (χ2v) is 5.00. The smallest absolute Gasteiger partial charge is 0.321 e. The average Bonchev–Trinajstić information content (AvgIpc) is 2.45. The van der Waals surface area contributed by atoms with Gasteiger partial charge in [0.1, 0.15) is 0 Å². The fraction of sp³-hybridized carbons (Fsp3) is 0.533. The number of hydrogen-bond acceptors (Lipinski definition) is 2. The minimum atomic E-state index is 0.0103. The van der Waals surface area contributed by atoms with E-state index in [9.17, 15) is 4.79 Å². The summed E-state index contributed by atoms with van der Waals surface area (Å²) in [6.45, 7) is 6.94. The summed E-state index contributed by atoms with van der Waals surface area (Å²) < 4.78 is 0. The molecule has 0 radical (unpaired) electrons. The van der Waals surface area contributed by atoms with Crippen molar-refractivity contribution < 1.29 is 4.79 Å². The molecule has 4 heteroatoms. The second kappa shape index (κ2) is 6.57. The first-order valence-corrected chi connectivity index (χ1v) is 7.11. The Bertz CT molecular complexity index is 416. The molecule has 1 aliphatic heterocycles. The Morgan fingerprint density at radius 3 is 2.74 bits per heavy atom. The topological polar surface area (TPSA) is 44.4 Å². The molecule has 1 aromatic carbocycles. The summed E-state index contributed by atoms with van der Waals surface area (Å²) in [5.74, 6) is 0. The highest BCUT2D eigenvalue weighted by Gasteiger charge is 2.18. The predicted octanol–water partition coefficient (Wildman–Crippen LogP) is 2.67. The number of carbonyl (C=O) groups is 1. The Hall–Kier alpha value is -1.55. The maximum Gasteiger partial charge on any atom is 0.321 e. The Labute approximate surface area is 115 Å². The van der Waals surface area contributed by atoms with E-state index in [-0.39, 0.29) is 6.03 Å². The predicted molar refractivity (Wildman–Crippen MR) is 78.5 cm³/mol. The zero-order valence-electron chi connectivity index (χ0n) is 11.8. The summed E-state index contributed by atoms with van der Waals surface area (Å²) in [7, 11) is 0. The van der Waals surface area contributed by atoms with Gasteiger partial charge in [-0.15, -0.1) is 0 Å². The van der Waals surface area contributed by atoms with Crippen molar-refractivity contribution >= 4 is 11.7 Å². The molecule has 0 spiro atoms. The molecule has 1 fully saturated rings. The number of anilines is 1. The van der Waals surface area contributed by atoms with Gasteiger partial charge in [0.05, 0.1) is 0 Å². The Kier molecular flexibility index (Phi) is 4.80. The van der Waals surface area contributed by atoms with Crippen molar-refractivity contribution in [1.82, 2.24) is 10.6 Å². The molecule has 0 bridgehead atoms. The molecule has 2 rings (SSSR count). The summed E-state index contributed by atoms with van der Waals surface area (Å²) in [6, 6.07) is 8.63. The van der Waals surface area contributed by atoms with E-state index in [1.807, 2.05) is 12.1 Å². The highest BCUT2D eigenvalue weighted by atomic mass is 16.2. The van der Waals surface area contributed by atoms with E-state index in [4.69, 9.17) is 0 Å². The van der Waals surface area contributed by atoms with Crippen LogP contribution in [0.4, 0.5) is 10.5 Å². The molecule has 2 amide bonds. The van der Waals surface area contributed by atoms with Crippen molar-refractivity contribution in [1.29, 1.82) is 0 Å². The van der Waals surface area contributed by atoms with E-state index >= 15 is 0 Å². The van der Waals surface area contributed by atoms with Crippen LogP contribution in [0, 0.1) is 0 Å². The average molecular weight is 261 g/mol. The van der Waals surface area contributed by atoms with Gasteiger partial charge in [0.25, 0.3) is 0 Å². The van der Waals surface area contributed by atoms with Crippen LogP contribution in [0.25, 0.3) is 0 Å². The Morgan fingerprint density at radius 2 is 2.11 bits per heavy atom. The largest absolute Gasteiger partial charge is 0.338 e. The van der Waals surface area contributed by atoms with Crippen LogP contribution in [0.3, 0.4) is 0 Å². The fourth-order valence-electron chi connectivity index (χ4n) is 2.30. The Balaban J connectivity index is 2.03. The highest BCUT2D eigenvalue weighted by molar-refractivity contribution is 5.92. The lowest BCUT2D eigenvalue weighted by atomic mass is 10.1. The molecule has 4 nitrogen and oxygen atoms in total. The number of hydrogen-bond donors (Lipinski definition) is 2. The standard InChI is InChI=1S/C15H23N3O/c1-3-9-16-12(2)13-5-7-14(8-6-13)18-11-4-10-17-15(18)19/h5-8,12,16H,3-4,9-11H2,1-2H3,(H,17,19). The monoisotopic (exact) mass is 261 g/mol. The third kappa shape index (κ3) is 3.47. The number of benzene rings is 1. The van der Waals surface area contributed by atoms with Crippen LogP contribution in [-0.2, 0) is 0 Å². The molecular weight excluding hydrogens is 238 g/mol. The van der Waals surface area contributed by atoms with Gasteiger partial charge in [-0.25, -0.2) is 4.79 Å². The molecule has 1 aliphatic rings. The molecule has 0 aromatic heterocycles. The van der Waals surface area contributed by atoms with Gasteiger partial charge in [0.2, 0.25) is 0 Å². The zero-order chi connectivity index (χ0) is 13.7. The van der Waals surface area contributed by atoms with Gasteiger partial charge >= 0.3 is 6.03 Å². The summed E-state index contributed by atoms with van der Waals surface area (Å²) in [5.41, 5.74) is 2.23. The van der Waals surface area contributed by atoms with Crippen molar-refractivity contribution in [3.05, 3.63) is 29.8 Å². The molecule has 19 heavy (non-hydrogen) atoms. The molecule has 104 valence electrons. The number of nitrogens with one attached hydrogen (secondary N) is 2. The van der Waals surface area contributed by atoms with Crippen LogP contribution in [-0.4, -0.2) is 25.7 Å². The third-order valence-electron chi connectivity index (χ3n) is 3.49. The SMILES string of the molecule is CCCNC(C)c1ccc(N2CCCNC2=O)cc1. The number of nitrogens with zero attached hydrogens (tertiary/aromatic N) is 1.